The molecule has 3 heterocycles. The van der Waals surface area contributed by atoms with E-state index in [1.54, 1.807) is 12.3 Å². The van der Waals surface area contributed by atoms with Gasteiger partial charge in [0.1, 0.15) is 17.3 Å². The molecular formula is C13H15N3O2. The van der Waals surface area contributed by atoms with E-state index in [0.29, 0.717) is 12.2 Å². The number of hydrogen-bond acceptors (Lipinski definition) is 3. The summed E-state index contributed by atoms with van der Waals surface area (Å²) in [5.41, 5.74) is 0.499. The van der Waals surface area contributed by atoms with Gasteiger partial charge in [-0.3, -0.25) is 4.79 Å². The van der Waals surface area contributed by atoms with E-state index in [1.165, 1.54) is 0 Å². The van der Waals surface area contributed by atoms with Gasteiger partial charge >= 0.3 is 0 Å². The van der Waals surface area contributed by atoms with Gasteiger partial charge in [0, 0.05) is 19.2 Å². The highest BCUT2D eigenvalue weighted by Crippen LogP contribution is 2.14. The Bertz CT molecular complexity index is 519. The van der Waals surface area contributed by atoms with E-state index in [0.717, 1.165) is 37.4 Å². The fourth-order valence-corrected chi connectivity index (χ4v) is 2.19. The molecule has 3 rings (SSSR count). The van der Waals surface area contributed by atoms with Crippen LogP contribution in [0.15, 0.2) is 29.0 Å². The number of aryl methyl sites for hydroxylation is 2. The highest BCUT2D eigenvalue weighted by atomic mass is 16.3. The van der Waals surface area contributed by atoms with Gasteiger partial charge in [-0.25, -0.2) is 4.98 Å². The highest BCUT2D eigenvalue weighted by molar-refractivity contribution is 5.92. The first-order chi connectivity index (χ1) is 8.83. The molecule has 1 N–H and O–H groups in total. The highest BCUT2D eigenvalue weighted by Gasteiger charge is 2.16. The summed E-state index contributed by atoms with van der Waals surface area (Å²) >= 11 is 0. The van der Waals surface area contributed by atoms with Crippen molar-refractivity contribution < 1.29 is 9.21 Å². The van der Waals surface area contributed by atoms with E-state index in [-0.39, 0.29) is 5.91 Å². The van der Waals surface area contributed by atoms with Gasteiger partial charge in [0.25, 0.3) is 5.91 Å². The molecule has 0 atom stereocenters. The van der Waals surface area contributed by atoms with Gasteiger partial charge in [0.05, 0.1) is 12.8 Å². The molecule has 0 unspecified atom stereocenters. The fourth-order valence-electron chi connectivity index (χ4n) is 2.19. The van der Waals surface area contributed by atoms with Crippen LogP contribution >= 0.6 is 0 Å². The second-order valence-electron chi connectivity index (χ2n) is 4.45. The van der Waals surface area contributed by atoms with E-state index in [1.807, 2.05) is 12.3 Å². The molecule has 1 amide bonds. The molecule has 1 aliphatic rings. The number of carbonyl (C=O) groups is 1. The normalized spacial score (nSPS) is 14.2. The molecule has 2 aromatic heterocycles. The summed E-state index contributed by atoms with van der Waals surface area (Å²) in [7, 11) is 0. The van der Waals surface area contributed by atoms with Crippen LogP contribution in [0.3, 0.4) is 0 Å². The Morgan fingerprint density at radius 2 is 2.44 bits per heavy atom. The summed E-state index contributed by atoms with van der Waals surface area (Å²) in [5.74, 6) is 1.62. The maximum atomic E-state index is 11.9. The van der Waals surface area contributed by atoms with Gasteiger partial charge in [-0.2, -0.15) is 0 Å². The lowest BCUT2D eigenvalue weighted by Crippen LogP contribution is -2.22. The van der Waals surface area contributed by atoms with Crippen molar-refractivity contribution in [3.63, 3.8) is 0 Å². The van der Waals surface area contributed by atoms with Gasteiger partial charge in [-0.1, -0.05) is 0 Å². The van der Waals surface area contributed by atoms with E-state index in [9.17, 15) is 4.79 Å². The van der Waals surface area contributed by atoms with Gasteiger partial charge in [0.15, 0.2) is 0 Å². The van der Waals surface area contributed by atoms with E-state index in [2.05, 4.69) is 14.9 Å². The zero-order chi connectivity index (χ0) is 12.4. The number of rotatable bonds is 3. The van der Waals surface area contributed by atoms with E-state index in [4.69, 9.17) is 4.42 Å². The minimum absolute atomic E-state index is 0.145. The van der Waals surface area contributed by atoms with Crippen molar-refractivity contribution >= 4 is 5.91 Å². The quantitative estimate of drug-likeness (QED) is 0.896. The first-order valence-corrected chi connectivity index (χ1v) is 6.19. The lowest BCUT2D eigenvalue weighted by molar-refractivity contribution is 0.0943. The second kappa shape index (κ2) is 4.68. The standard InChI is InChI=1S/C13H15N3O2/c17-13(14-8-10-4-3-7-18-10)11-9-16-6-2-1-5-12(16)15-11/h3-4,7,9H,1-2,5-6,8H2,(H,14,17). The Hall–Kier alpha value is -2.04. The first kappa shape index (κ1) is 11.1. The number of fused-ring (bicyclic) bond motifs is 1. The van der Waals surface area contributed by atoms with Crippen molar-refractivity contribution in [1.82, 2.24) is 14.9 Å². The van der Waals surface area contributed by atoms with Gasteiger partial charge in [0.2, 0.25) is 0 Å². The Labute approximate surface area is 105 Å². The van der Waals surface area contributed by atoms with Crippen molar-refractivity contribution in [2.75, 3.05) is 0 Å². The van der Waals surface area contributed by atoms with Gasteiger partial charge in [-0.05, 0) is 25.0 Å². The fraction of sp³-hybridized carbons (Fsp3) is 0.385. The Morgan fingerprint density at radius 3 is 3.22 bits per heavy atom. The molecule has 5 heteroatoms. The summed E-state index contributed by atoms with van der Waals surface area (Å²) in [4.78, 5) is 16.3. The molecule has 1 aliphatic heterocycles. The monoisotopic (exact) mass is 245 g/mol. The van der Waals surface area contributed by atoms with Crippen LogP contribution < -0.4 is 5.32 Å². The van der Waals surface area contributed by atoms with Crippen LogP contribution in [0.2, 0.25) is 0 Å². The number of nitrogens with zero attached hydrogens (tertiary/aromatic N) is 2. The average molecular weight is 245 g/mol. The Morgan fingerprint density at radius 1 is 1.50 bits per heavy atom. The molecule has 0 spiro atoms. The molecule has 2 aromatic rings. The van der Waals surface area contributed by atoms with Gasteiger partial charge in [-0.15, -0.1) is 0 Å². The molecule has 18 heavy (non-hydrogen) atoms. The summed E-state index contributed by atoms with van der Waals surface area (Å²) in [6.07, 6.45) is 6.72. The van der Waals surface area contributed by atoms with E-state index >= 15 is 0 Å². The van der Waals surface area contributed by atoms with E-state index < -0.39 is 0 Å². The molecule has 0 saturated heterocycles. The minimum Gasteiger partial charge on any atom is -0.467 e. The predicted octanol–water partition coefficient (Wildman–Crippen LogP) is 1.74. The number of imidazole rings is 1. The predicted molar refractivity (Wildman–Crippen MR) is 65.0 cm³/mol. The second-order valence-corrected chi connectivity index (χ2v) is 4.45. The molecule has 0 fully saturated rings. The van der Waals surface area contributed by atoms with Crippen molar-refractivity contribution in [2.45, 2.75) is 32.4 Å². The van der Waals surface area contributed by atoms with Crippen molar-refractivity contribution in [3.05, 3.63) is 41.9 Å². The number of hydrogen-bond donors (Lipinski definition) is 1. The van der Waals surface area contributed by atoms with Crippen LogP contribution in [0.1, 0.15) is 34.9 Å². The minimum atomic E-state index is -0.145. The first-order valence-electron chi connectivity index (χ1n) is 6.19. The molecule has 0 aromatic carbocycles. The molecule has 0 saturated carbocycles. The third-order valence-electron chi connectivity index (χ3n) is 3.14. The van der Waals surface area contributed by atoms with Gasteiger partial charge < -0.3 is 14.3 Å². The maximum absolute atomic E-state index is 11.9. The van der Waals surface area contributed by atoms with Crippen LogP contribution in [-0.4, -0.2) is 15.5 Å². The average Bonchev–Trinajstić information content (AvgIpc) is 3.04. The topological polar surface area (TPSA) is 60.1 Å². The SMILES string of the molecule is O=C(NCc1ccco1)c1cn2c(n1)CCCC2. The number of nitrogens with one attached hydrogen (secondary N) is 1. The van der Waals surface area contributed by atoms with Crippen LogP contribution in [-0.2, 0) is 19.5 Å². The molecule has 94 valence electrons. The van der Waals surface area contributed by atoms with Crippen LogP contribution in [0.5, 0.6) is 0 Å². The molecule has 0 bridgehead atoms. The number of amides is 1. The van der Waals surface area contributed by atoms with Crippen LogP contribution in [0, 0.1) is 0 Å². The molecule has 5 nitrogen and oxygen atoms in total. The Kier molecular flexibility index (Phi) is 2.88. The van der Waals surface area contributed by atoms with Crippen LogP contribution in [0.25, 0.3) is 0 Å². The lowest BCUT2D eigenvalue weighted by Gasteiger charge is -2.11. The zero-order valence-electron chi connectivity index (χ0n) is 10.1. The number of furan rings is 1. The summed E-state index contributed by atoms with van der Waals surface area (Å²) < 4.78 is 7.24. The third-order valence-corrected chi connectivity index (χ3v) is 3.14. The molecular weight excluding hydrogens is 230 g/mol. The summed E-state index contributed by atoms with van der Waals surface area (Å²) in [6.45, 7) is 1.36. The van der Waals surface area contributed by atoms with Crippen molar-refractivity contribution in [1.29, 1.82) is 0 Å². The lowest BCUT2D eigenvalue weighted by atomic mass is 10.2. The molecule has 0 radical (unpaired) electrons. The summed E-state index contributed by atoms with van der Waals surface area (Å²) in [5, 5.41) is 2.80. The smallest absolute Gasteiger partial charge is 0.271 e. The van der Waals surface area contributed by atoms with Crippen molar-refractivity contribution in [3.8, 4) is 0 Å². The Balaban J connectivity index is 1.67. The van der Waals surface area contributed by atoms with Crippen molar-refractivity contribution in [2.24, 2.45) is 0 Å². The maximum Gasteiger partial charge on any atom is 0.271 e. The number of aromatic nitrogens is 2. The summed E-state index contributed by atoms with van der Waals surface area (Å²) in [6, 6.07) is 3.63. The third kappa shape index (κ3) is 2.16. The zero-order valence-corrected chi connectivity index (χ0v) is 10.1. The largest absolute Gasteiger partial charge is 0.467 e. The van der Waals surface area contributed by atoms with Crippen LogP contribution in [0.4, 0.5) is 0 Å². The molecule has 0 aliphatic carbocycles. The number of carbonyl (C=O) groups excluding carboxylic acids is 1.